The van der Waals surface area contributed by atoms with Crippen molar-refractivity contribution in [2.75, 3.05) is 39.1 Å². The number of fused-ring (bicyclic) bond motifs is 2. The Kier molecular flexibility index (Phi) is 6.46. The summed E-state index contributed by atoms with van der Waals surface area (Å²) < 4.78 is 24.1. The highest BCUT2D eigenvalue weighted by molar-refractivity contribution is 6.32. The normalized spacial score (nSPS) is 21.5. The number of morpholine rings is 1. The van der Waals surface area contributed by atoms with Crippen molar-refractivity contribution >= 4 is 29.3 Å². The molecule has 0 aromatic heterocycles. The molecule has 6 nitrogen and oxygen atoms in total. The van der Waals surface area contributed by atoms with E-state index in [0.29, 0.717) is 54.9 Å². The van der Waals surface area contributed by atoms with Gasteiger partial charge < -0.3 is 20.1 Å². The van der Waals surface area contributed by atoms with E-state index in [1.165, 1.54) is 19.2 Å². The second-order valence-corrected chi connectivity index (χ2v) is 8.27. The lowest BCUT2D eigenvalue weighted by Crippen LogP contribution is -2.65. The zero-order valence-corrected chi connectivity index (χ0v) is 18.0. The van der Waals surface area contributed by atoms with Gasteiger partial charge in [-0.05, 0) is 35.9 Å². The van der Waals surface area contributed by atoms with E-state index in [9.17, 15) is 9.18 Å². The first-order valence-corrected chi connectivity index (χ1v) is 10.5. The molecule has 2 atom stereocenters. The van der Waals surface area contributed by atoms with E-state index in [1.54, 1.807) is 36.4 Å². The molecule has 164 valence electrons. The lowest BCUT2D eigenvalue weighted by Gasteiger charge is -2.49. The smallest absolute Gasteiger partial charge is 0.247 e. The maximum atomic E-state index is 13.2. The number of nitrogens with two attached hydrogens (primary N) is 1. The van der Waals surface area contributed by atoms with Gasteiger partial charge in [-0.25, -0.2) is 4.39 Å². The maximum Gasteiger partial charge on any atom is 0.247 e. The van der Waals surface area contributed by atoms with Gasteiger partial charge in [0, 0.05) is 37.0 Å². The molecule has 0 aliphatic carbocycles. The molecule has 2 unspecified atom stereocenters. The summed E-state index contributed by atoms with van der Waals surface area (Å²) in [5.41, 5.74) is 8.23. The Morgan fingerprint density at radius 2 is 1.94 bits per heavy atom. The highest BCUT2D eigenvalue weighted by atomic mass is 35.5. The first-order valence-electron chi connectivity index (χ1n) is 10.1. The minimum Gasteiger partial charge on any atom is -0.495 e. The van der Waals surface area contributed by atoms with E-state index >= 15 is 0 Å². The van der Waals surface area contributed by atoms with Crippen molar-refractivity contribution in [3.63, 3.8) is 0 Å². The van der Waals surface area contributed by atoms with E-state index in [4.69, 9.17) is 26.8 Å². The van der Waals surface area contributed by atoms with Crippen LogP contribution in [-0.4, -0.2) is 61.2 Å². The second kappa shape index (κ2) is 9.26. The number of amides is 1. The number of methoxy groups -OCH3 is 1. The molecule has 2 N–H and O–H groups in total. The van der Waals surface area contributed by atoms with Crippen LogP contribution in [0.2, 0.25) is 5.02 Å². The van der Waals surface area contributed by atoms with E-state index in [2.05, 4.69) is 4.90 Å². The fourth-order valence-electron chi connectivity index (χ4n) is 4.22. The SMILES string of the molecule is COc1cc(/C=C/C(=O)N2C3COCC2CN(Cc2ccc(F)cc2)C3)c(N)cc1Cl. The standard InChI is InChI=1S/C23H25ClFN3O3/c1-30-22-8-16(21(26)9-20(22)24)4-7-23(29)28-18-11-27(12-19(28)14-31-13-18)10-15-2-5-17(25)6-3-15/h2-9,18-19H,10-14,26H2,1H3/b7-4+. The number of nitrogens with zero attached hydrogens (tertiary/aromatic N) is 2. The Hall–Kier alpha value is -2.61. The summed E-state index contributed by atoms with van der Waals surface area (Å²) in [6, 6.07) is 9.79. The fraction of sp³-hybridized carbons (Fsp3) is 0.348. The molecule has 2 heterocycles. The van der Waals surface area contributed by atoms with Crippen LogP contribution in [0, 0.1) is 5.82 Å². The average molecular weight is 446 g/mol. The minimum atomic E-state index is -0.241. The maximum absolute atomic E-state index is 13.2. The molecule has 2 bridgehead atoms. The first kappa shape index (κ1) is 21.6. The fourth-order valence-corrected chi connectivity index (χ4v) is 4.47. The number of carbonyl (C=O) groups excluding carboxylic acids is 1. The van der Waals surface area contributed by atoms with Crippen LogP contribution in [0.3, 0.4) is 0 Å². The molecule has 0 radical (unpaired) electrons. The first-order chi connectivity index (χ1) is 14.9. The molecule has 1 amide bonds. The van der Waals surface area contributed by atoms with Crippen LogP contribution in [-0.2, 0) is 16.1 Å². The van der Waals surface area contributed by atoms with Gasteiger partial charge in [0.05, 0.1) is 37.4 Å². The molecule has 2 aromatic carbocycles. The molecule has 31 heavy (non-hydrogen) atoms. The number of piperazine rings is 1. The number of ether oxygens (including phenoxy) is 2. The van der Waals surface area contributed by atoms with Crippen LogP contribution in [0.25, 0.3) is 6.08 Å². The van der Waals surface area contributed by atoms with Crippen LogP contribution in [0.15, 0.2) is 42.5 Å². The van der Waals surface area contributed by atoms with Crippen LogP contribution in [0.1, 0.15) is 11.1 Å². The van der Waals surface area contributed by atoms with Crippen molar-refractivity contribution in [2.24, 2.45) is 0 Å². The largest absolute Gasteiger partial charge is 0.495 e. The molecular weight excluding hydrogens is 421 g/mol. The number of halogens is 2. The summed E-state index contributed by atoms with van der Waals surface area (Å²) in [5, 5.41) is 0.424. The lowest BCUT2D eigenvalue weighted by molar-refractivity contribution is -0.150. The Morgan fingerprint density at radius 1 is 1.26 bits per heavy atom. The van der Waals surface area contributed by atoms with Crippen LogP contribution >= 0.6 is 11.6 Å². The van der Waals surface area contributed by atoms with E-state index < -0.39 is 0 Å². The predicted molar refractivity (Wildman–Crippen MR) is 118 cm³/mol. The Morgan fingerprint density at radius 3 is 2.58 bits per heavy atom. The molecule has 2 aliphatic heterocycles. The van der Waals surface area contributed by atoms with Gasteiger partial charge >= 0.3 is 0 Å². The minimum absolute atomic E-state index is 0.0396. The molecule has 2 saturated heterocycles. The van der Waals surface area contributed by atoms with Crippen molar-refractivity contribution in [3.8, 4) is 5.75 Å². The highest BCUT2D eigenvalue weighted by Gasteiger charge is 2.40. The van der Waals surface area contributed by atoms with Gasteiger partial charge in [-0.2, -0.15) is 0 Å². The van der Waals surface area contributed by atoms with Gasteiger partial charge in [0.2, 0.25) is 5.91 Å². The second-order valence-electron chi connectivity index (χ2n) is 7.86. The average Bonchev–Trinajstić information content (AvgIpc) is 2.74. The van der Waals surface area contributed by atoms with Crippen LogP contribution < -0.4 is 10.5 Å². The predicted octanol–water partition coefficient (Wildman–Crippen LogP) is 3.19. The molecule has 2 fully saturated rings. The van der Waals surface area contributed by atoms with Gasteiger partial charge in [0.15, 0.2) is 0 Å². The van der Waals surface area contributed by atoms with Crippen LogP contribution in [0.5, 0.6) is 5.75 Å². The zero-order chi connectivity index (χ0) is 22.0. The Balaban J connectivity index is 1.45. The summed E-state index contributed by atoms with van der Waals surface area (Å²) in [6.07, 6.45) is 3.23. The van der Waals surface area contributed by atoms with E-state index in [0.717, 1.165) is 5.56 Å². The quantitative estimate of drug-likeness (QED) is 0.565. The van der Waals surface area contributed by atoms with Gasteiger partial charge in [-0.3, -0.25) is 9.69 Å². The third-order valence-electron chi connectivity index (χ3n) is 5.68. The third kappa shape index (κ3) is 4.84. The van der Waals surface area contributed by atoms with Crippen molar-refractivity contribution in [2.45, 2.75) is 18.6 Å². The van der Waals surface area contributed by atoms with E-state index in [1.807, 2.05) is 4.90 Å². The Labute approximate surface area is 186 Å². The monoisotopic (exact) mass is 445 g/mol. The van der Waals surface area contributed by atoms with Gasteiger partial charge in [0.1, 0.15) is 11.6 Å². The summed E-state index contributed by atoms with van der Waals surface area (Å²) in [6.45, 7) is 3.10. The molecule has 0 spiro atoms. The summed E-state index contributed by atoms with van der Waals surface area (Å²) >= 11 is 6.09. The van der Waals surface area contributed by atoms with Crippen molar-refractivity contribution in [1.29, 1.82) is 0 Å². The number of nitrogen functional groups attached to an aromatic ring is 1. The molecule has 8 heteroatoms. The molecular formula is C23H25ClFN3O3. The highest BCUT2D eigenvalue weighted by Crippen LogP contribution is 2.30. The number of carbonyl (C=O) groups is 1. The van der Waals surface area contributed by atoms with Crippen molar-refractivity contribution in [3.05, 3.63) is 64.4 Å². The van der Waals surface area contributed by atoms with Gasteiger partial charge in [0.25, 0.3) is 0 Å². The molecule has 0 saturated carbocycles. The Bertz CT molecular complexity index is 969. The summed E-state index contributed by atoms with van der Waals surface area (Å²) in [5.74, 6) is 0.186. The number of hydrogen-bond acceptors (Lipinski definition) is 5. The van der Waals surface area contributed by atoms with Gasteiger partial charge in [-0.15, -0.1) is 0 Å². The number of rotatable bonds is 5. The van der Waals surface area contributed by atoms with Crippen molar-refractivity contribution in [1.82, 2.24) is 9.80 Å². The van der Waals surface area contributed by atoms with Gasteiger partial charge in [-0.1, -0.05) is 23.7 Å². The molecule has 2 aliphatic rings. The zero-order valence-electron chi connectivity index (χ0n) is 17.3. The topological polar surface area (TPSA) is 68.0 Å². The third-order valence-corrected chi connectivity index (χ3v) is 5.98. The lowest BCUT2D eigenvalue weighted by atomic mass is 10.0. The summed E-state index contributed by atoms with van der Waals surface area (Å²) in [7, 11) is 1.53. The van der Waals surface area contributed by atoms with Crippen molar-refractivity contribution < 1.29 is 18.7 Å². The molecule has 2 aromatic rings. The van der Waals surface area contributed by atoms with Crippen LogP contribution in [0.4, 0.5) is 10.1 Å². The summed E-state index contributed by atoms with van der Waals surface area (Å²) in [4.78, 5) is 17.2. The van der Waals surface area contributed by atoms with E-state index in [-0.39, 0.29) is 23.8 Å². The number of anilines is 1. The number of hydrogen-bond donors (Lipinski definition) is 1. The molecule has 4 rings (SSSR count). The number of benzene rings is 2.